The van der Waals surface area contributed by atoms with Gasteiger partial charge in [-0.1, -0.05) is 31.6 Å². The standard InChI is InChI=1S/C51H62N2O20S/c1-11-13-32-41(58)25(2)14-12-19-51(9)39(73-51)22-36(31-16-18-37-33(21-31)52-26(3)74-37)69-40(57)23-38(50(7,8)46(32)59)71-49(61)65-24-30-15-17-35(34(20-30)53(62)63)70-48-45(68-29(6)56)43(67-28(5)55)42(66-27(4)54)44(72-48)47(60)64-10/h11,15-18,20-21,25,32,36,38-39,41-45,48,58H,1,12-14,19,22-24H2,2-10H3/t25-,32+,36-,38-,39+,41-,42-,43-,44-,45+,48+,51-/m0/s1. The lowest BCUT2D eigenvalue weighted by Crippen LogP contribution is -2.64. The molecule has 0 bridgehead atoms. The van der Waals surface area contributed by atoms with Crippen LogP contribution in [0.4, 0.5) is 10.5 Å². The summed E-state index contributed by atoms with van der Waals surface area (Å²) in [7, 11) is 0.984. The average Bonchev–Trinajstić information content (AvgIpc) is 3.80. The van der Waals surface area contributed by atoms with Crippen LogP contribution in [0.3, 0.4) is 0 Å². The van der Waals surface area contributed by atoms with Crippen molar-refractivity contribution >= 4 is 69.0 Å². The SMILES string of the molecule is C=CC[C@H]1C(=O)C(C)(C)[C@@H](OC(=O)OCc2ccc(O[C@@H]3O[C@H](C(=O)OC)[C@@H](OC(C)=O)[C@H](OC(C)=O)[C@H]3OC(C)=O)c([N+](=O)[O-])c2)CC(=O)O[C@H](c2ccc3sc(C)nc3c2)C[C@H]2O[C@@]2(C)CCC[C@H](C)[C@@H]1O. The highest BCUT2D eigenvalue weighted by Crippen LogP contribution is 2.47. The number of esters is 5. The highest BCUT2D eigenvalue weighted by Gasteiger charge is 2.57. The lowest BCUT2D eigenvalue weighted by Gasteiger charge is -2.42. The molecule has 22 nitrogen and oxygen atoms in total. The molecule has 0 aliphatic carbocycles. The Balaban J connectivity index is 1.26. The van der Waals surface area contributed by atoms with Crippen molar-refractivity contribution in [3.8, 4) is 5.75 Å². The fraction of sp³-hybridized carbons (Fsp3) is 0.569. The number of benzene rings is 2. The number of aromatic nitrogens is 1. The maximum atomic E-state index is 14.7. The van der Waals surface area contributed by atoms with Crippen molar-refractivity contribution in [2.24, 2.45) is 17.3 Å². The summed E-state index contributed by atoms with van der Waals surface area (Å²) in [6.45, 7) is 14.8. The molecule has 0 radical (unpaired) electrons. The highest BCUT2D eigenvalue weighted by atomic mass is 32.1. The summed E-state index contributed by atoms with van der Waals surface area (Å²) in [5.41, 5.74) is -1.54. The zero-order chi connectivity index (χ0) is 54.4. The van der Waals surface area contributed by atoms with E-state index in [2.05, 4.69) is 11.6 Å². The van der Waals surface area contributed by atoms with Crippen molar-refractivity contribution < 1.29 is 91.0 Å². The minimum absolute atomic E-state index is 0.00236. The number of carbonyl (C=O) groups is 7. The number of Topliss-reactive ketones (excluding diaryl/α,β-unsaturated/α-hetero) is 1. The molecule has 0 unspecified atom stereocenters. The molecular formula is C51H62N2O20S. The Hall–Kier alpha value is -6.56. The Labute approximate surface area is 430 Å². The zero-order valence-electron chi connectivity index (χ0n) is 42.6. The highest BCUT2D eigenvalue weighted by molar-refractivity contribution is 7.18. The van der Waals surface area contributed by atoms with Gasteiger partial charge in [-0.2, -0.15) is 0 Å². The Morgan fingerprint density at radius 2 is 1.65 bits per heavy atom. The number of hydrogen-bond donors (Lipinski definition) is 1. The van der Waals surface area contributed by atoms with Gasteiger partial charge in [-0.3, -0.25) is 34.1 Å². The van der Waals surface area contributed by atoms with E-state index in [0.717, 1.165) is 55.2 Å². The number of cyclic esters (lactones) is 1. The Morgan fingerprint density at radius 3 is 2.30 bits per heavy atom. The van der Waals surface area contributed by atoms with E-state index in [1.54, 1.807) is 0 Å². The summed E-state index contributed by atoms with van der Waals surface area (Å²) >= 11 is 1.52. The van der Waals surface area contributed by atoms with Crippen molar-refractivity contribution in [3.05, 3.63) is 75.3 Å². The molecule has 4 heterocycles. The number of allylic oxidation sites excluding steroid dienone is 1. The Morgan fingerprint density at radius 1 is 0.973 bits per heavy atom. The number of aryl methyl sites for hydroxylation is 1. The fourth-order valence-corrected chi connectivity index (χ4v) is 10.2. The van der Waals surface area contributed by atoms with Crippen molar-refractivity contribution in [2.45, 2.75) is 161 Å². The third kappa shape index (κ3) is 13.6. The number of nitro benzene ring substituents is 1. The van der Waals surface area contributed by atoms with E-state index in [9.17, 15) is 48.8 Å². The first-order valence-electron chi connectivity index (χ1n) is 24.0. The predicted octanol–water partition coefficient (Wildman–Crippen LogP) is 6.80. The second kappa shape index (κ2) is 23.8. The first-order chi connectivity index (χ1) is 34.8. The first-order valence-corrected chi connectivity index (χ1v) is 24.8. The van der Waals surface area contributed by atoms with E-state index >= 15 is 0 Å². The number of aliphatic hydroxyl groups is 1. The molecule has 2 aromatic carbocycles. The number of hydrogen-bond acceptors (Lipinski definition) is 22. The number of ketones is 1. The fourth-order valence-electron chi connectivity index (χ4n) is 9.36. The van der Waals surface area contributed by atoms with Crippen LogP contribution in [-0.4, -0.2) is 119 Å². The van der Waals surface area contributed by atoms with Crippen LogP contribution in [0.15, 0.2) is 49.1 Å². The van der Waals surface area contributed by atoms with Gasteiger partial charge in [-0.05, 0) is 82.2 Å². The predicted molar refractivity (Wildman–Crippen MR) is 258 cm³/mol. The number of fused-ring (bicyclic) bond motifs is 2. The van der Waals surface area contributed by atoms with Gasteiger partial charge in [-0.25, -0.2) is 14.6 Å². The van der Waals surface area contributed by atoms with Gasteiger partial charge >= 0.3 is 41.7 Å². The van der Waals surface area contributed by atoms with Crippen LogP contribution >= 0.6 is 11.3 Å². The molecule has 3 fully saturated rings. The van der Waals surface area contributed by atoms with Crippen LogP contribution in [0.1, 0.15) is 109 Å². The van der Waals surface area contributed by atoms with Crippen molar-refractivity contribution in [1.29, 1.82) is 0 Å². The van der Waals surface area contributed by atoms with Crippen LogP contribution in [0.5, 0.6) is 5.75 Å². The largest absolute Gasteiger partial charge is 0.508 e. The number of methoxy groups -OCH3 is 1. The molecule has 0 spiro atoms. The van der Waals surface area contributed by atoms with Crippen LogP contribution in [0.25, 0.3) is 10.2 Å². The lowest BCUT2D eigenvalue weighted by molar-refractivity contribution is -0.387. The molecule has 74 heavy (non-hydrogen) atoms. The van der Waals surface area contributed by atoms with Crippen LogP contribution in [0, 0.1) is 34.3 Å². The van der Waals surface area contributed by atoms with Gasteiger partial charge in [0.05, 0.1) is 56.9 Å². The van der Waals surface area contributed by atoms with E-state index in [-0.39, 0.29) is 24.0 Å². The number of nitro groups is 1. The third-order valence-corrected chi connectivity index (χ3v) is 14.3. The van der Waals surface area contributed by atoms with Crippen molar-refractivity contribution in [2.75, 3.05) is 7.11 Å². The van der Waals surface area contributed by atoms with E-state index in [1.165, 1.54) is 37.3 Å². The van der Waals surface area contributed by atoms with Crippen LogP contribution < -0.4 is 4.74 Å². The van der Waals surface area contributed by atoms with Crippen LogP contribution in [0.2, 0.25) is 0 Å². The van der Waals surface area contributed by atoms with E-state index in [0.29, 0.717) is 31.2 Å². The quantitative estimate of drug-likeness (QED) is 0.0460. The Bertz CT molecular complexity index is 2630. The minimum Gasteiger partial charge on any atom is -0.467 e. The molecule has 1 N–H and O–H groups in total. The van der Waals surface area contributed by atoms with Gasteiger partial charge in [-0.15, -0.1) is 17.9 Å². The third-order valence-electron chi connectivity index (χ3n) is 13.4. The van der Waals surface area contributed by atoms with Gasteiger partial charge < -0.3 is 52.5 Å². The molecule has 3 aromatic rings. The summed E-state index contributed by atoms with van der Waals surface area (Å²) in [6.07, 6.45) is -11.0. The number of aliphatic hydroxyl groups excluding tert-OH is 1. The average molecular weight is 1060 g/mol. The summed E-state index contributed by atoms with van der Waals surface area (Å²) < 4.78 is 56.9. The summed E-state index contributed by atoms with van der Waals surface area (Å²) in [5, 5.41) is 25.1. The molecule has 0 saturated carbocycles. The maximum Gasteiger partial charge on any atom is 0.508 e. The number of epoxide rings is 1. The molecule has 12 atom stereocenters. The van der Waals surface area contributed by atoms with E-state index < -0.39 is 137 Å². The van der Waals surface area contributed by atoms with Crippen LogP contribution in [-0.2, 0) is 78.0 Å². The zero-order valence-corrected chi connectivity index (χ0v) is 43.4. The summed E-state index contributed by atoms with van der Waals surface area (Å²) in [5.74, 6) is -7.24. The summed E-state index contributed by atoms with van der Waals surface area (Å²) in [4.78, 5) is 108. The number of nitrogens with zero attached hydrogens (tertiary/aromatic N) is 2. The smallest absolute Gasteiger partial charge is 0.467 e. The second-order valence-electron chi connectivity index (χ2n) is 19.4. The monoisotopic (exact) mass is 1050 g/mol. The van der Waals surface area contributed by atoms with Gasteiger partial charge in [0.2, 0.25) is 12.4 Å². The molecule has 6 rings (SSSR count). The van der Waals surface area contributed by atoms with Crippen molar-refractivity contribution in [3.63, 3.8) is 0 Å². The van der Waals surface area contributed by atoms with E-state index in [4.69, 9.17) is 47.4 Å². The van der Waals surface area contributed by atoms with Gasteiger partial charge in [0.1, 0.15) is 24.6 Å². The number of rotatable bonds is 13. The molecule has 3 saturated heterocycles. The molecule has 3 aliphatic rings. The number of carbonyl (C=O) groups excluding carboxylic acids is 7. The lowest BCUT2D eigenvalue weighted by atomic mass is 9.71. The molecule has 3 aliphatic heterocycles. The Kier molecular flexibility index (Phi) is 18.2. The molecule has 402 valence electrons. The van der Waals surface area contributed by atoms with Gasteiger partial charge in [0, 0.05) is 39.2 Å². The topological polar surface area (TPSA) is 291 Å². The normalized spacial score (nSPS) is 29.3. The maximum absolute atomic E-state index is 14.7. The van der Waals surface area contributed by atoms with Gasteiger partial charge in [0.25, 0.3) is 0 Å². The number of thiazole rings is 1. The first kappa shape index (κ1) is 56.7. The molecule has 0 amide bonds. The van der Waals surface area contributed by atoms with E-state index in [1.807, 2.05) is 39.0 Å². The minimum atomic E-state index is -1.93. The summed E-state index contributed by atoms with van der Waals surface area (Å²) in [6, 6.07) is 8.90. The molecule has 1 aromatic heterocycles. The van der Waals surface area contributed by atoms with Crippen molar-refractivity contribution in [1.82, 2.24) is 4.98 Å². The molecule has 23 heteroatoms. The molecular weight excluding hydrogens is 993 g/mol. The second-order valence-corrected chi connectivity index (χ2v) is 20.6. The van der Waals surface area contributed by atoms with Gasteiger partial charge in [0.15, 0.2) is 24.1 Å². The number of ether oxygens (including phenoxy) is 10.